The highest BCUT2D eigenvalue weighted by molar-refractivity contribution is 5.81. The number of nitriles is 1. The lowest BCUT2D eigenvalue weighted by atomic mass is 9.99. The summed E-state index contributed by atoms with van der Waals surface area (Å²) in [6.45, 7) is 3.73. The van der Waals surface area contributed by atoms with Gasteiger partial charge in [-0.2, -0.15) is 5.26 Å². The van der Waals surface area contributed by atoms with E-state index in [4.69, 9.17) is 10.00 Å². The van der Waals surface area contributed by atoms with Gasteiger partial charge in [-0.25, -0.2) is 0 Å². The molecule has 2 rings (SSSR count). The molecule has 124 valence electrons. The fourth-order valence-electron chi connectivity index (χ4n) is 2.36. The minimum absolute atomic E-state index is 0.688. The fraction of sp³-hybridized carbons (Fsp3) is 0.286. The Labute approximate surface area is 144 Å². The van der Waals surface area contributed by atoms with E-state index in [0.717, 1.165) is 29.8 Å². The van der Waals surface area contributed by atoms with E-state index in [-0.39, 0.29) is 0 Å². The van der Waals surface area contributed by atoms with Crippen molar-refractivity contribution < 1.29 is 4.74 Å². The molecule has 0 amide bonds. The number of hydrogen-bond acceptors (Lipinski definition) is 3. The molecule has 0 unspecified atom stereocenters. The van der Waals surface area contributed by atoms with Crippen molar-refractivity contribution in [2.45, 2.75) is 13.3 Å². The molecular weight excluding hydrogens is 296 g/mol. The maximum Gasteiger partial charge on any atom is 0.119 e. The van der Waals surface area contributed by atoms with Gasteiger partial charge in [0.2, 0.25) is 0 Å². The highest BCUT2D eigenvalue weighted by atomic mass is 16.5. The highest BCUT2D eigenvalue weighted by Crippen LogP contribution is 2.23. The molecule has 0 N–H and O–H groups in total. The second-order valence-corrected chi connectivity index (χ2v) is 5.93. The second-order valence-electron chi connectivity index (χ2n) is 5.93. The van der Waals surface area contributed by atoms with Crippen molar-refractivity contribution in [2.24, 2.45) is 0 Å². The molecule has 3 nitrogen and oxygen atoms in total. The van der Waals surface area contributed by atoms with Crippen molar-refractivity contribution in [3.8, 4) is 11.8 Å². The van der Waals surface area contributed by atoms with E-state index in [1.54, 1.807) is 0 Å². The molecular formula is C21H24N2O. The van der Waals surface area contributed by atoms with E-state index in [2.05, 4.69) is 36.1 Å². The number of benzene rings is 2. The summed E-state index contributed by atoms with van der Waals surface area (Å²) in [5.41, 5.74) is 4.24. The van der Waals surface area contributed by atoms with Crippen molar-refractivity contribution in [1.29, 1.82) is 5.26 Å². The molecule has 0 atom stereocenters. The van der Waals surface area contributed by atoms with E-state index in [0.29, 0.717) is 12.2 Å². The molecule has 0 aliphatic rings. The minimum atomic E-state index is 0.688. The molecule has 0 bridgehead atoms. The molecule has 2 aromatic carbocycles. The summed E-state index contributed by atoms with van der Waals surface area (Å²) in [4.78, 5) is 2.10. The van der Waals surface area contributed by atoms with Gasteiger partial charge in [-0.15, -0.1) is 0 Å². The van der Waals surface area contributed by atoms with Crippen LogP contribution in [0.4, 0.5) is 0 Å². The molecule has 0 saturated carbocycles. The number of hydrogen-bond donors (Lipinski definition) is 0. The molecule has 0 radical (unpaired) electrons. The van der Waals surface area contributed by atoms with Crippen molar-refractivity contribution in [3.05, 3.63) is 65.2 Å². The zero-order valence-electron chi connectivity index (χ0n) is 14.6. The molecule has 3 heteroatoms. The van der Waals surface area contributed by atoms with Crippen molar-refractivity contribution in [2.75, 3.05) is 27.2 Å². The number of nitrogens with zero attached hydrogens (tertiary/aromatic N) is 2. The van der Waals surface area contributed by atoms with Crippen LogP contribution < -0.4 is 4.74 Å². The van der Waals surface area contributed by atoms with Crippen LogP contribution in [0.3, 0.4) is 0 Å². The largest absolute Gasteiger partial charge is 0.492 e. The molecule has 0 saturated heterocycles. The first-order chi connectivity index (χ1) is 11.6. The summed E-state index contributed by atoms with van der Waals surface area (Å²) in [7, 11) is 4.07. The Morgan fingerprint density at radius 3 is 2.29 bits per heavy atom. The quantitative estimate of drug-likeness (QED) is 0.707. The van der Waals surface area contributed by atoms with Crippen molar-refractivity contribution in [3.63, 3.8) is 0 Å². The summed E-state index contributed by atoms with van der Waals surface area (Å²) in [6, 6.07) is 18.1. The van der Waals surface area contributed by atoms with Gasteiger partial charge >= 0.3 is 0 Å². The van der Waals surface area contributed by atoms with Crippen LogP contribution in [-0.4, -0.2) is 32.1 Å². The minimum Gasteiger partial charge on any atom is -0.492 e. The van der Waals surface area contributed by atoms with Crippen LogP contribution in [-0.2, 0) is 0 Å². The topological polar surface area (TPSA) is 36.3 Å². The van der Waals surface area contributed by atoms with Gasteiger partial charge in [0.1, 0.15) is 12.4 Å². The van der Waals surface area contributed by atoms with Crippen LogP contribution in [0.15, 0.2) is 48.5 Å². The first-order valence-electron chi connectivity index (χ1n) is 8.21. The van der Waals surface area contributed by atoms with E-state index in [1.165, 1.54) is 5.57 Å². The summed E-state index contributed by atoms with van der Waals surface area (Å²) >= 11 is 0. The number of likely N-dealkylation sites (N-methyl/N-ethyl adjacent to an activating group) is 1. The van der Waals surface area contributed by atoms with Crippen LogP contribution in [0.5, 0.6) is 5.75 Å². The fourth-order valence-corrected chi connectivity index (χ4v) is 2.36. The summed E-state index contributed by atoms with van der Waals surface area (Å²) < 4.78 is 5.72. The smallest absolute Gasteiger partial charge is 0.119 e. The van der Waals surface area contributed by atoms with Gasteiger partial charge in [0, 0.05) is 6.54 Å². The molecule has 0 heterocycles. The van der Waals surface area contributed by atoms with Crippen LogP contribution in [0.1, 0.15) is 30.0 Å². The third-order valence-corrected chi connectivity index (χ3v) is 3.79. The van der Waals surface area contributed by atoms with Gasteiger partial charge in [0.15, 0.2) is 0 Å². The zero-order chi connectivity index (χ0) is 17.4. The monoisotopic (exact) mass is 320 g/mol. The average molecular weight is 320 g/mol. The Bertz CT molecular complexity index is 707. The highest BCUT2D eigenvalue weighted by Gasteiger charge is 2.01. The lowest BCUT2D eigenvalue weighted by Crippen LogP contribution is -2.19. The molecule has 0 fully saturated rings. The average Bonchev–Trinajstić information content (AvgIpc) is 2.61. The number of ether oxygens (including phenoxy) is 1. The molecule has 2 aromatic rings. The first kappa shape index (κ1) is 17.8. The van der Waals surface area contributed by atoms with Crippen molar-refractivity contribution >= 4 is 11.6 Å². The Balaban J connectivity index is 2.08. The van der Waals surface area contributed by atoms with Crippen LogP contribution in [0.25, 0.3) is 11.6 Å². The van der Waals surface area contributed by atoms with E-state index in [1.807, 2.05) is 50.5 Å². The Kier molecular flexibility index (Phi) is 6.60. The molecule has 24 heavy (non-hydrogen) atoms. The molecule has 0 aliphatic heterocycles. The number of rotatable bonds is 7. The molecule has 0 aromatic heterocycles. The normalized spacial score (nSPS) is 11.4. The van der Waals surface area contributed by atoms with Gasteiger partial charge in [-0.3, -0.25) is 0 Å². The Hall–Kier alpha value is -2.57. The summed E-state index contributed by atoms with van der Waals surface area (Å²) in [5.74, 6) is 0.894. The van der Waals surface area contributed by atoms with Crippen molar-refractivity contribution in [1.82, 2.24) is 4.90 Å². The Morgan fingerprint density at radius 2 is 1.75 bits per heavy atom. The van der Waals surface area contributed by atoms with Gasteiger partial charge in [0.25, 0.3) is 0 Å². The van der Waals surface area contributed by atoms with E-state index in [9.17, 15) is 0 Å². The summed E-state index contributed by atoms with van der Waals surface area (Å²) in [5, 5.41) is 8.90. The lowest BCUT2D eigenvalue weighted by Gasteiger charge is -2.11. The van der Waals surface area contributed by atoms with Gasteiger partial charge < -0.3 is 9.64 Å². The van der Waals surface area contributed by atoms with Crippen LogP contribution in [0.2, 0.25) is 0 Å². The zero-order valence-corrected chi connectivity index (χ0v) is 14.6. The third kappa shape index (κ3) is 5.26. The lowest BCUT2D eigenvalue weighted by molar-refractivity contribution is 0.261. The standard InChI is InChI=1S/C21H24N2O/c1-4-19(20-9-5-18(16-22)6-10-20)15-17-7-11-21(12-8-17)24-14-13-23(2)3/h5-12,15H,4,13-14H2,1-3H3/b19-15-. The maximum absolute atomic E-state index is 8.90. The third-order valence-electron chi connectivity index (χ3n) is 3.79. The summed E-state index contributed by atoms with van der Waals surface area (Å²) in [6.07, 6.45) is 3.12. The molecule has 0 spiro atoms. The number of allylic oxidation sites excluding steroid dienone is 1. The second kappa shape index (κ2) is 8.90. The first-order valence-corrected chi connectivity index (χ1v) is 8.21. The van der Waals surface area contributed by atoms with Gasteiger partial charge in [-0.1, -0.05) is 37.3 Å². The SMILES string of the molecule is CC/C(=C/c1ccc(OCCN(C)C)cc1)c1ccc(C#N)cc1. The maximum atomic E-state index is 8.90. The van der Waals surface area contributed by atoms with Gasteiger partial charge in [-0.05, 0) is 61.5 Å². The van der Waals surface area contributed by atoms with E-state index < -0.39 is 0 Å². The van der Waals surface area contributed by atoms with Crippen LogP contribution >= 0.6 is 0 Å². The predicted octanol–water partition coefficient (Wildman–Crippen LogP) is 4.45. The Morgan fingerprint density at radius 1 is 1.08 bits per heavy atom. The van der Waals surface area contributed by atoms with Crippen LogP contribution in [0, 0.1) is 11.3 Å². The molecule has 0 aliphatic carbocycles. The van der Waals surface area contributed by atoms with E-state index >= 15 is 0 Å². The van der Waals surface area contributed by atoms with Gasteiger partial charge in [0.05, 0.1) is 11.6 Å². The predicted molar refractivity (Wildman–Crippen MR) is 99.8 cm³/mol.